The highest BCUT2D eigenvalue weighted by atomic mass is 32.2. The molecule has 0 radical (unpaired) electrons. The highest BCUT2D eigenvalue weighted by Gasteiger charge is 2.30. The van der Waals surface area contributed by atoms with Gasteiger partial charge in [-0.3, -0.25) is 10.1 Å². The van der Waals surface area contributed by atoms with E-state index in [0.29, 0.717) is 16.8 Å². The van der Waals surface area contributed by atoms with Crippen LogP contribution in [-0.2, 0) is 6.42 Å². The van der Waals surface area contributed by atoms with Crippen molar-refractivity contribution in [2.45, 2.75) is 29.2 Å². The maximum Gasteiger partial charge on any atom is 0.343 e. The Hall–Kier alpha value is -2.93. The predicted octanol–water partition coefficient (Wildman–Crippen LogP) is 5.00. The summed E-state index contributed by atoms with van der Waals surface area (Å²) in [5.74, 6) is 1.02. The number of hydrogen-bond donors (Lipinski definition) is 0. The van der Waals surface area contributed by atoms with Gasteiger partial charge in [-0.25, -0.2) is 9.97 Å². The Labute approximate surface area is 174 Å². The van der Waals surface area contributed by atoms with Gasteiger partial charge >= 0.3 is 5.69 Å². The first kappa shape index (κ1) is 19.4. The summed E-state index contributed by atoms with van der Waals surface area (Å²) < 4.78 is 0. The van der Waals surface area contributed by atoms with Gasteiger partial charge in [0.25, 0.3) is 0 Å². The molecule has 0 amide bonds. The molecule has 0 spiro atoms. The smallest absolute Gasteiger partial charge is 0.343 e. The van der Waals surface area contributed by atoms with Gasteiger partial charge in [0.2, 0.25) is 5.82 Å². The molecule has 29 heavy (non-hydrogen) atoms. The predicted molar refractivity (Wildman–Crippen MR) is 114 cm³/mol. The fourth-order valence-corrected chi connectivity index (χ4v) is 4.60. The molecule has 0 bridgehead atoms. The molecule has 148 valence electrons. The summed E-state index contributed by atoms with van der Waals surface area (Å²) >= 11 is 1.30. The molecule has 0 aliphatic carbocycles. The zero-order valence-electron chi connectivity index (χ0n) is 16.0. The topological polar surface area (TPSA) is 72.2 Å². The Bertz CT molecular complexity index is 961. The minimum atomic E-state index is -0.351. The minimum absolute atomic E-state index is 0.00265. The highest BCUT2D eigenvalue weighted by molar-refractivity contribution is 7.99. The Balaban J connectivity index is 1.50. The van der Waals surface area contributed by atoms with Crippen LogP contribution in [-0.4, -0.2) is 28.0 Å². The number of nitrogens with zero attached hydrogens (tertiary/aromatic N) is 4. The van der Waals surface area contributed by atoms with Gasteiger partial charge in [0.05, 0.1) is 4.92 Å². The summed E-state index contributed by atoms with van der Waals surface area (Å²) in [6.07, 6.45) is 4.48. The number of nitro groups is 1. The van der Waals surface area contributed by atoms with Crippen LogP contribution in [0.4, 0.5) is 11.5 Å². The molecule has 1 aromatic heterocycles. The van der Waals surface area contributed by atoms with Gasteiger partial charge in [-0.15, -0.1) is 0 Å². The van der Waals surface area contributed by atoms with Crippen LogP contribution in [0.5, 0.6) is 0 Å². The van der Waals surface area contributed by atoms with Gasteiger partial charge in [0.15, 0.2) is 5.03 Å². The average Bonchev–Trinajstić information content (AvgIpc) is 2.75. The quantitative estimate of drug-likeness (QED) is 0.326. The first-order valence-electron chi connectivity index (χ1n) is 9.72. The summed E-state index contributed by atoms with van der Waals surface area (Å²) in [4.78, 5) is 23.0. The van der Waals surface area contributed by atoms with Crippen LogP contribution in [0.2, 0.25) is 0 Å². The van der Waals surface area contributed by atoms with E-state index in [1.165, 1.54) is 23.7 Å². The summed E-state index contributed by atoms with van der Waals surface area (Å²) in [7, 11) is 0. The third-order valence-corrected chi connectivity index (χ3v) is 6.19. The zero-order valence-corrected chi connectivity index (χ0v) is 16.8. The third-order valence-electron chi connectivity index (χ3n) is 5.19. The molecule has 1 aliphatic rings. The lowest BCUT2D eigenvalue weighted by atomic mass is 9.90. The van der Waals surface area contributed by atoms with E-state index in [4.69, 9.17) is 0 Å². The molecular formula is C22H22N4O2S. The van der Waals surface area contributed by atoms with Crippen LogP contribution in [0.15, 0.2) is 76.9 Å². The van der Waals surface area contributed by atoms with Gasteiger partial charge in [0, 0.05) is 18.0 Å². The van der Waals surface area contributed by atoms with Gasteiger partial charge in [-0.1, -0.05) is 60.3 Å². The van der Waals surface area contributed by atoms with Gasteiger partial charge in [0.1, 0.15) is 6.33 Å². The fraction of sp³-hybridized carbons (Fsp3) is 0.273. The number of hydrogen-bond acceptors (Lipinski definition) is 6. The monoisotopic (exact) mass is 406 g/mol. The molecular weight excluding hydrogens is 384 g/mol. The lowest BCUT2D eigenvalue weighted by molar-refractivity contribution is -0.387. The van der Waals surface area contributed by atoms with E-state index >= 15 is 0 Å². The summed E-state index contributed by atoms with van der Waals surface area (Å²) in [6, 6.07) is 20.1. The van der Waals surface area contributed by atoms with E-state index < -0.39 is 0 Å². The molecule has 0 unspecified atom stereocenters. The van der Waals surface area contributed by atoms with E-state index in [2.05, 4.69) is 34.2 Å². The molecule has 1 aliphatic heterocycles. The Morgan fingerprint density at radius 3 is 2.31 bits per heavy atom. The molecule has 7 heteroatoms. The van der Waals surface area contributed by atoms with Gasteiger partial charge in [-0.05, 0) is 42.9 Å². The largest absolute Gasteiger partial charge is 0.351 e. The summed E-state index contributed by atoms with van der Waals surface area (Å²) in [5, 5.41) is 12.3. The van der Waals surface area contributed by atoms with Gasteiger partial charge in [-0.2, -0.15) is 0 Å². The van der Waals surface area contributed by atoms with E-state index in [1.807, 2.05) is 41.3 Å². The van der Waals surface area contributed by atoms with Crippen LogP contribution in [0, 0.1) is 16.0 Å². The lowest BCUT2D eigenvalue weighted by Gasteiger charge is -2.32. The molecule has 2 heterocycles. The van der Waals surface area contributed by atoms with Crippen molar-refractivity contribution in [2.75, 3.05) is 18.0 Å². The Morgan fingerprint density at radius 2 is 1.66 bits per heavy atom. The molecule has 4 rings (SSSR count). The molecule has 3 aromatic rings. The van der Waals surface area contributed by atoms with E-state index in [-0.39, 0.29) is 10.6 Å². The summed E-state index contributed by atoms with van der Waals surface area (Å²) in [6.45, 7) is 1.54. The number of anilines is 1. The number of rotatable bonds is 6. The third kappa shape index (κ3) is 4.74. The molecule has 0 saturated carbocycles. The first-order valence-corrected chi connectivity index (χ1v) is 10.5. The number of benzene rings is 2. The van der Waals surface area contributed by atoms with Crippen LogP contribution in [0.3, 0.4) is 0 Å². The van der Waals surface area contributed by atoms with Crippen molar-refractivity contribution in [3.05, 3.63) is 82.7 Å². The molecule has 1 fully saturated rings. The second-order valence-electron chi connectivity index (χ2n) is 7.14. The maximum absolute atomic E-state index is 11.9. The molecule has 2 aromatic carbocycles. The van der Waals surface area contributed by atoms with Crippen molar-refractivity contribution in [2.24, 2.45) is 5.92 Å². The molecule has 1 saturated heterocycles. The zero-order chi connectivity index (χ0) is 20.1. The fourth-order valence-electron chi connectivity index (χ4n) is 3.72. The summed E-state index contributed by atoms with van der Waals surface area (Å²) in [5.41, 5.74) is 1.35. The van der Waals surface area contributed by atoms with E-state index in [0.717, 1.165) is 37.2 Å². The first-order chi connectivity index (χ1) is 14.2. The van der Waals surface area contributed by atoms with Crippen molar-refractivity contribution >= 4 is 23.3 Å². The van der Waals surface area contributed by atoms with E-state index in [9.17, 15) is 10.1 Å². The van der Waals surface area contributed by atoms with Crippen LogP contribution >= 0.6 is 11.8 Å². The minimum Gasteiger partial charge on any atom is -0.351 e. The molecule has 6 nitrogen and oxygen atoms in total. The Morgan fingerprint density at radius 1 is 1.00 bits per heavy atom. The maximum atomic E-state index is 11.9. The van der Waals surface area contributed by atoms with Gasteiger partial charge < -0.3 is 4.90 Å². The van der Waals surface area contributed by atoms with E-state index in [1.54, 1.807) is 0 Å². The average molecular weight is 407 g/mol. The second-order valence-corrected chi connectivity index (χ2v) is 8.21. The Kier molecular flexibility index (Phi) is 6.05. The standard InChI is InChI=1S/C22H22N4O2S/c27-26(28)20-21(23-16-24-22(20)29-19-9-5-2-6-10-19)25-13-11-18(12-14-25)15-17-7-3-1-4-8-17/h1-10,16,18H,11-15H2. The van der Waals surface area contributed by atoms with Crippen LogP contribution in [0.1, 0.15) is 18.4 Å². The number of aromatic nitrogens is 2. The van der Waals surface area contributed by atoms with Crippen LogP contribution in [0.25, 0.3) is 0 Å². The molecule has 0 atom stereocenters. The SMILES string of the molecule is O=[N+]([O-])c1c(Sc2ccccc2)ncnc1N1CCC(Cc2ccccc2)CC1. The highest BCUT2D eigenvalue weighted by Crippen LogP contribution is 2.39. The van der Waals surface area contributed by atoms with Crippen molar-refractivity contribution in [1.29, 1.82) is 0 Å². The number of piperidine rings is 1. The van der Waals surface area contributed by atoms with Crippen LogP contribution < -0.4 is 4.90 Å². The van der Waals surface area contributed by atoms with Crippen molar-refractivity contribution in [1.82, 2.24) is 9.97 Å². The lowest BCUT2D eigenvalue weighted by Crippen LogP contribution is -2.35. The van der Waals surface area contributed by atoms with Crippen molar-refractivity contribution in [3.8, 4) is 0 Å². The normalized spacial score (nSPS) is 14.7. The molecule has 0 N–H and O–H groups in total. The van der Waals surface area contributed by atoms with Crippen molar-refractivity contribution < 1.29 is 4.92 Å². The van der Waals surface area contributed by atoms with Crippen molar-refractivity contribution in [3.63, 3.8) is 0 Å². The second kappa shape index (κ2) is 9.05.